The van der Waals surface area contributed by atoms with E-state index in [1.807, 2.05) is 12.1 Å². The van der Waals surface area contributed by atoms with E-state index in [-0.39, 0.29) is 0 Å². The number of methoxy groups -OCH3 is 2. The Balaban J connectivity index is 2.59. The lowest BCUT2D eigenvalue weighted by molar-refractivity contribution is 0.413. The number of pyridine rings is 1. The van der Waals surface area contributed by atoms with Gasteiger partial charge in [-0.3, -0.25) is 4.98 Å². The van der Waals surface area contributed by atoms with Gasteiger partial charge in [0.1, 0.15) is 11.5 Å². The van der Waals surface area contributed by atoms with Crippen molar-refractivity contribution in [2.24, 2.45) is 0 Å². The first-order valence-corrected chi connectivity index (χ1v) is 5.18. The molecule has 0 fully saturated rings. The van der Waals surface area contributed by atoms with Crippen LogP contribution in [0.3, 0.4) is 0 Å². The molecule has 0 unspecified atom stereocenters. The van der Waals surface area contributed by atoms with Crippen LogP contribution in [0.2, 0.25) is 0 Å². The average molecular weight is 230 g/mol. The van der Waals surface area contributed by atoms with Crippen LogP contribution in [0.5, 0.6) is 11.5 Å². The molecule has 0 radical (unpaired) electrons. The zero-order valence-corrected chi connectivity index (χ0v) is 9.81. The van der Waals surface area contributed by atoms with Crippen molar-refractivity contribution in [2.75, 3.05) is 20.0 Å². The largest absolute Gasteiger partial charge is 0.497 e. The maximum atomic E-state index is 5.96. The minimum atomic E-state index is 0.664. The topological polar surface area (TPSA) is 57.4 Å². The molecule has 2 rings (SSSR count). The third-order valence-electron chi connectivity index (χ3n) is 2.55. The van der Waals surface area contributed by atoms with Gasteiger partial charge in [0.2, 0.25) is 0 Å². The summed E-state index contributed by atoms with van der Waals surface area (Å²) in [4.78, 5) is 4.09. The van der Waals surface area contributed by atoms with Gasteiger partial charge in [0.15, 0.2) is 0 Å². The standard InChI is InChI=1S/C13H14N2O2/c1-16-9-3-4-12(14)10(7-9)11-8-15-6-5-13(11)17-2/h3-8H,14H2,1-2H3. The van der Waals surface area contributed by atoms with E-state index in [1.165, 1.54) is 0 Å². The molecule has 0 bridgehead atoms. The Kier molecular flexibility index (Phi) is 3.14. The van der Waals surface area contributed by atoms with E-state index >= 15 is 0 Å². The van der Waals surface area contributed by atoms with Crippen LogP contribution in [0, 0.1) is 0 Å². The van der Waals surface area contributed by atoms with Gasteiger partial charge in [-0.15, -0.1) is 0 Å². The van der Waals surface area contributed by atoms with Crippen LogP contribution in [0.25, 0.3) is 11.1 Å². The zero-order valence-electron chi connectivity index (χ0n) is 9.81. The molecule has 0 saturated carbocycles. The molecule has 1 aromatic carbocycles. The van der Waals surface area contributed by atoms with Gasteiger partial charge in [0.25, 0.3) is 0 Å². The minimum absolute atomic E-state index is 0.664. The van der Waals surface area contributed by atoms with Crippen LogP contribution in [-0.4, -0.2) is 19.2 Å². The maximum absolute atomic E-state index is 5.96. The van der Waals surface area contributed by atoms with Crippen LogP contribution < -0.4 is 15.2 Å². The molecule has 2 aromatic rings. The summed E-state index contributed by atoms with van der Waals surface area (Å²) in [6, 6.07) is 7.30. The molecule has 0 amide bonds. The molecule has 0 atom stereocenters. The molecule has 2 N–H and O–H groups in total. The van der Waals surface area contributed by atoms with Crippen molar-refractivity contribution >= 4 is 5.69 Å². The van der Waals surface area contributed by atoms with Gasteiger partial charge < -0.3 is 15.2 Å². The van der Waals surface area contributed by atoms with Gasteiger partial charge in [-0.2, -0.15) is 0 Å². The summed E-state index contributed by atoms with van der Waals surface area (Å²) in [5.74, 6) is 1.49. The second-order valence-electron chi connectivity index (χ2n) is 3.53. The molecule has 1 aromatic heterocycles. The van der Waals surface area contributed by atoms with Crippen molar-refractivity contribution in [3.05, 3.63) is 36.7 Å². The lowest BCUT2D eigenvalue weighted by atomic mass is 10.0. The maximum Gasteiger partial charge on any atom is 0.129 e. The lowest BCUT2D eigenvalue weighted by Crippen LogP contribution is -1.95. The number of aromatic nitrogens is 1. The van der Waals surface area contributed by atoms with Crippen LogP contribution in [0.1, 0.15) is 0 Å². The molecule has 17 heavy (non-hydrogen) atoms. The van der Waals surface area contributed by atoms with Crippen molar-refractivity contribution in [3.63, 3.8) is 0 Å². The number of nitrogen functional groups attached to an aromatic ring is 1. The fourth-order valence-corrected chi connectivity index (χ4v) is 1.66. The molecule has 0 aliphatic heterocycles. The summed E-state index contributed by atoms with van der Waals surface area (Å²) < 4.78 is 10.5. The van der Waals surface area contributed by atoms with Crippen LogP contribution in [-0.2, 0) is 0 Å². The summed E-state index contributed by atoms with van der Waals surface area (Å²) in [6.07, 6.45) is 3.41. The van der Waals surface area contributed by atoms with Gasteiger partial charge in [-0.1, -0.05) is 0 Å². The Hall–Kier alpha value is -2.23. The summed E-state index contributed by atoms with van der Waals surface area (Å²) in [7, 11) is 3.24. The van der Waals surface area contributed by atoms with Gasteiger partial charge in [0.05, 0.1) is 14.2 Å². The predicted octanol–water partition coefficient (Wildman–Crippen LogP) is 2.35. The lowest BCUT2D eigenvalue weighted by Gasteiger charge is -2.11. The van der Waals surface area contributed by atoms with E-state index in [0.29, 0.717) is 5.69 Å². The third-order valence-corrected chi connectivity index (χ3v) is 2.55. The van der Waals surface area contributed by atoms with Gasteiger partial charge >= 0.3 is 0 Å². The average Bonchev–Trinajstić information content (AvgIpc) is 2.39. The van der Waals surface area contributed by atoms with E-state index in [1.54, 1.807) is 38.7 Å². The Labute approximate surface area is 100 Å². The number of ether oxygens (including phenoxy) is 2. The third kappa shape index (κ3) is 2.15. The highest BCUT2D eigenvalue weighted by Crippen LogP contribution is 2.35. The summed E-state index contributed by atoms with van der Waals surface area (Å²) in [5, 5.41) is 0. The molecule has 4 nitrogen and oxygen atoms in total. The molecule has 0 saturated heterocycles. The Morgan fingerprint density at radius 1 is 1.06 bits per heavy atom. The van der Waals surface area contributed by atoms with Gasteiger partial charge in [0, 0.05) is 29.2 Å². The van der Waals surface area contributed by atoms with Gasteiger partial charge in [-0.25, -0.2) is 0 Å². The molecular formula is C13H14N2O2. The van der Waals surface area contributed by atoms with Crippen LogP contribution in [0.15, 0.2) is 36.7 Å². The number of rotatable bonds is 3. The van der Waals surface area contributed by atoms with Crippen LogP contribution in [0.4, 0.5) is 5.69 Å². The second-order valence-corrected chi connectivity index (χ2v) is 3.53. The number of benzene rings is 1. The molecule has 1 heterocycles. The van der Waals surface area contributed by atoms with E-state index in [4.69, 9.17) is 15.2 Å². The smallest absolute Gasteiger partial charge is 0.129 e. The fourth-order valence-electron chi connectivity index (χ4n) is 1.66. The molecule has 0 spiro atoms. The zero-order chi connectivity index (χ0) is 12.3. The molecule has 0 aliphatic rings. The van der Waals surface area contributed by atoms with E-state index in [0.717, 1.165) is 22.6 Å². The first-order valence-electron chi connectivity index (χ1n) is 5.18. The predicted molar refractivity (Wildman–Crippen MR) is 67.2 cm³/mol. The number of hydrogen-bond acceptors (Lipinski definition) is 4. The summed E-state index contributed by atoms with van der Waals surface area (Å²) >= 11 is 0. The highest BCUT2D eigenvalue weighted by Gasteiger charge is 2.09. The van der Waals surface area contributed by atoms with Crippen molar-refractivity contribution in [3.8, 4) is 22.6 Å². The van der Waals surface area contributed by atoms with Gasteiger partial charge in [-0.05, 0) is 24.3 Å². The molecule has 4 heteroatoms. The number of anilines is 1. The highest BCUT2D eigenvalue weighted by atomic mass is 16.5. The first-order chi connectivity index (χ1) is 8.26. The summed E-state index contributed by atoms with van der Waals surface area (Å²) in [6.45, 7) is 0. The number of nitrogens with zero attached hydrogens (tertiary/aromatic N) is 1. The Bertz CT molecular complexity index is 527. The van der Waals surface area contributed by atoms with E-state index < -0.39 is 0 Å². The van der Waals surface area contributed by atoms with E-state index in [9.17, 15) is 0 Å². The van der Waals surface area contributed by atoms with Crippen molar-refractivity contribution in [1.82, 2.24) is 4.98 Å². The first kappa shape index (κ1) is 11.3. The monoisotopic (exact) mass is 230 g/mol. The van der Waals surface area contributed by atoms with Crippen molar-refractivity contribution in [2.45, 2.75) is 0 Å². The normalized spacial score (nSPS) is 10.0. The van der Waals surface area contributed by atoms with Crippen LogP contribution >= 0.6 is 0 Å². The van der Waals surface area contributed by atoms with E-state index in [2.05, 4.69) is 4.98 Å². The van der Waals surface area contributed by atoms with Crippen molar-refractivity contribution < 1.29 is 9.47 Å². The quantitative estimate of drug-likeness (QED) is 0.822. The fraction of sp³-hybridized carbons (Fsp3) is 0.154. The highest BCUT2D eigenvalue weighted by molar-refractivity contribution is 5.80. The Morgan fingerprint density at radius 3 is 2.59 bits per heavy atom. The number of nitrogens with two attached hydrogens (primary N) is 1. The molecule has 88 valence electrons. The second kappa shape index (κ2) is 4.74. The minimum Gasteiger partial charge on any atom is -0.497 e. The Morgan fingerprint density at radius 2 is 1.88 bits per heavy atom. The van der Waals surface area contributed by atoms with Crippen molar-refractivity contribution in [1.29, 1.82) is 0 Å². The SMILES string of the molecule is COc1ccc(N)c(-c2cnccc2OC)c1. The molecular weight excluding hydrogens is 216 g/mol. The summed E-state index contributed by atoms with van der Waals surface area (Å²) in [5.41, 5.74) is 8.33. The molecule has 0 aliphatic carbocycles. The number of hydrogen-bond donors (Lipinski definition) is 1.